The maximum atomic E-state index is 12.0. The molecule has 49 heavy (non-hydrogen) atoms. The summed E-state index contributed by atoms with van der Waals surface area (Å²) in [6.07, 6.45) is 0. The first kappa shape index (κ1) is 45.7. The Morgan fingerprint density at radius 1 is 0.347 bits per heavy atom. The van der Waals surface area contributed by atoms with Crippen molar-refractivity contribution in [3.8, 4) is 23.0 Å². The summed E-state index contributed by atoms with van der Waals surface area (Å²) in [5, 5.41) is 67.1. The van der Waals surface area contributed by atoms with E-state index in [2.05, 4.69) is 18.6 Å². The molecule has 0 unspecified atom stereocenters. The van der Waals surface area contributed by atoms with Crippen LogP contribution in [-0.4, -0.2) is 69.5 Å². The van der Waals surface area contributed by atoms with Gasteiger partial charge in [-0.3, -0.25) is 0 Å². The SMILES string of the molecule is OB(O)Oc1ccc(CF)cc1.OB(O)Oc1ccc(CF)cc1.OB(O)Oc1ccc(CF)cc1.OB(O)Oc1ccc(CF)cc1.[H-].[Na+]. The van der Waals surface area contributed by atoms with E-state index in [1.807, 2.05) is 0 Å². The topological polar surface area (TPSA) is 199 Å². The van der Waals surface area contributed by atoms with Gasteiger partial charge in [0.05, 0.1) is 0 Å². The third-order valence-electron chi connectivity index (χ3n) is 5.28. The summed E-state index contributed by atoms with van der Waals surface area (Å²) in [6, 6.07) is 23.8. The third-order valence-corrected chi connectivity index (χ3v) is 5.28. The van der Waals surface area contributed by atoms with Crippen molar-refractivity contribution in [1.29, 1.82) is 0 Å². The van der Waals surface area contributed by atoms with Gasteiger partial charge in [-0.15, -0.1) is 0 Å². The van der Waals surface area contributed by atoms with Crippen LogP contribution in [0.1, 0.15) is 23.7 Å². The summed E-state index contributed by atoms with van der Waals surface area (Å²) in [7, 11) is -7.33. The Balaban J connectivity index is 0. The first-order chi connectivity index (χ1) is 22.9. The molecule has 0 fully saturated rings. The maximum Gasteiger partial charge on any atom is 1.00 e. The molecular formula is C28H33B4F4NaO12. The van der Waals surface area contributed by atoms with Gasteiger partial charge in [0.2, 0.25) is 0 Å². The van der Waals surface area contributed by atoms with E-state index in [-0.39, 0.29) is 31.0 Å². The summed E-state index contributed by atoms with van der Waals surface area (Å²) in [5.74, 6) is 1.17. The van der Waals surface area contributed by atoms with Crippen LogP contribution in [0.5, 0.6) is 23.0 Å². The molecule has 0 aromatic heterocycles. The molecule has 4 rings (SSSR count). The fourth-order valence-electron chi connectivity index (χ4n) is 3.12. The van der Waals surface area contributed by atoms with Crippen LogP contribution in [0.3, 0.4) is 0 Å². The Labute approximate surface area is 304 Å². The number of hydrogen-bond acceptors (Lipinski definition) is 12. The predicted octanol–water partition coefficient (Wildman–Crippen LogP) is -0.866. The number of halogens is 4. The van der Waals surface area contributed by atoms with E-state index >= 15 is 0 Å². The zero-order valence-electron chi connectivity index (χ0n) is 27.1. The van der Waals surface area contributed by atoms with Gasteiger partial charge in [-0.05, 0) is 70.8 Å². The van der Waals surface area contributed by atoms with Gasteiger partial charge in [0.25, 0.3) is 0 Å². The number of benzene rings is 4. The van der Waals surface area contributed by atoms with Gasteiger partial charge in [-0.1, -0.05) is 48.5 Å². The minimum absolute atomic E-state index is 0. The van der Waals surface area contributed by atoms with E-state index in [0.29, 0.717) is 45.3 Å². The zero-order chi connectivity index (χ0) is 35.9. The molecule has 12 nitrogen and oxygen atoms in total. The zero-order valence-corrected chi connectivity index (χ0v) is 28.1. The second kappa shape index (κ2) is 26.6. The molecule has 0 atom stereocenters. The average molecular weight is 704 g/mol. The van der Waals surface area contributed by atoms with E-state index in [4.69, 9.17) is 40.2 Å². The van der Waals surface area contributed by atoms with Crippen molar-refractivity contribution in [3.63, 3.8) is 0 Å². The fourth-order valence-corrected chi connectivity index (χ4v) is 3.12. The summed E-state index contributed by atoms with van der Waals surface area (Å²) in [5.41, 5.74) is 2.09. The molecule has 258 valence electrons. The fraction of sp³-hybridized carbons (Fsp3) is 0.143. The number of rotatable bonds is 12. The molecule has 0 aliphatic carbocycles. The molecule has 4 aromatic carbocycles. The minimum Gasteiger partial charge on any atom is -1.00 e. The van der Waals surface area contributed by atoms with Crippen LogP contribution in [0.15, 0.2) is 97.1 Å². The van der Waals surface area contributed by atoms with Crippen LogP contribution in [0, 0.1) is 0 Å². The van der Waals surface area contributed by atoms with Crippen molar-refractivity contribution >= 4 is 29.3 Å². The van der Waals surface area contributed by atoms with Crippen molar-refractivity contribution in [2.75, 3.05) is 0 Å². The first-order valence-electron chi connectivity index (χ1n) is 13.6. The Bertz CT molecular complexity index is 1180. The van der Waals surface area contributed by atoms with Crippen molar-refractivity contribution in [2.24, 2.45) is 0 Å². The predicted molar refractivity (Wildman–Crippen MR) is 169 cm³/mol. The molecular weight excluding hydrogens is 671 g/mol. The van der Waals surface area contributed by atoms with Crippen molar-refractivity contribution in [3.05, 3.63) is 119 Å². The van der Waals surface area contributed by atoms with Crippen LogP contribution in [-0.2, 0) is 26.7 Å². The number of hydrogen-bond donors (Lipinski definition) is 8. The largest absolute Gasteiger partial charge is 1.00 e. The quantitative estimate of drug-likeness (QED) is 0.0672. The summed E-state index contributed by atoms with van der Waals surface area (Å²) >= 11 is 0. The van der Waals surface area contributed by atoms with Crippen LogP contribution in [0.2, 0.25) is 0 Å². The second-order valence-corrected chi connectivity index (χ2v) is 8.89. The Hall–Kier alpha value is -3.26. The monoisotopic (exact) mass is 704 g/mol. The third kappa shape index (κ3) is 22.2. The minimum atomic E-state index is -1.83. The van der Waals surface area contributed by atoms with Gasteiger partial charge in [0, 0.05) is 0 Å². The number of alkyl halides is 4. The molecule has 0 aliphatic heterocycles. The van der Waals surface area contributed by atoms with Gasteiger partial charge in [0.1, 0.15) is 49.7 Å². The van der Waals surface area contributed by atoms with Crippen LogP contribution in [0.25, 0.3) is 0 Å². The second-order valence-electron chi connectivity index (χ2n) is 8.89. The Kier molecular flexibility index (Phi) is 24.8. The van der Waals surface area contributed by atoms with Crippen LogP contribution < -0.4 is 48.2 Å². The molecule has 0 bridgehead atoms. The molecule has 0 saturated carbocycles. The molecule has 0 radical (unpaired) electrons. The molecule has 8 N–H and O–H groups in total. The smallest absolute Gasteiger partial charge is 1.00 e. The summed E-state index contributed by atoms with van der Waals surface area (Å²) in [4.78, 5) is 0. The van der Waals surface area contributed by atoms with E-state index < -0.39 is 56.0 Å². The summed E-state index contributed by atoms with van der Waals surface area (Å²) < 4.78 is 65.9. The van der Waals surface area contributed by atoms with Gasteiger partial charge in [0.15, 0.2) is 0 Å². The van der Waals surface area contributed by atoms with Crippen molar-refractivity contribution < 1.29 is 107 Å². The Morgan fingerprint density at radius 3 is 0.592 bits per heavy atom. The van der Waals surface area contributed by atoms with Crippen LogP contribution >= 0.6 is 0 Å². The molecule has 0 saturated heterocycles. The van der Waals surface area contributed by atoms with Crippen molar-refractivity contribution in [1.82, 2.24) is 0 Å². The van der Waals surface area contributed by atoms with Crippen molar-refractivity contribution in [2.45, 2.75) is 26.7 Å². The van der Waals surface area contributed by atoms with Crippen LogP contribution in [0.4, 0.5) is 17.6 Å². The molecule has 4 aromatic rings. The van der Waals surface area contributed by atoms with Gasteiger partial charge >= 0.3 is 58.8 Å². The molecule has 0 heterocycles. The van der Waals surface area contributed by atoms with Gasteiger partial charge < -0.3 is 60.2 Å². The standard InChI is InChI=1S/4C7H8BFO3.Na.H/c4*9-5-6-1-3-7(4-2-6)12-8(10)11;;/h4*1-4,10-11H,5H2;;/q;;;;+1;-1. The Morgan fingerprint density at radius 2 is 0.490 bits per heavy atom. The first-order valence-corrected chi connectivity index (χ1v) is 13.6. The van der Waals surface area contributed by atoms with E-state index in [1.165, 1.54) is 97.1 Å². The maximum absolute atomic E-state index is 12.0. The van der Waals surface area contributed by atoms with E-state index in [9.17, 15) is 17.6 Å². The van der Waals surface area contributed by atoms with Gasteiger partial charge in [-0.25, -0.2) is 17.6 Å². The normalized spacial score (nSPS) is 9.39. The molecule has 21 heteroatoms. The van der Waals surface area contributed by atoms with Gasteiger partial charge in [-0.2, -0.15) is 0 Å². The van der Waals surface area contributed by atoms with E-state index in [0.717, 1.165) is 0 Å². The molecule has 0 amide bonds. The summed E-state index contributed by atoms with van der Waals surface area (Å²) in [6.45, 7) is -2.16. The molecule has 0 spiro atoms. The average Bonchev–Trinajstić information content (AvgIpc) is 3.06. The van der Waals surface area contributed by atoms with E-state index in [1.54, 1.807) is 0 Å². The molecule has 0 aliphatic rings.